The Kier molecular flexibility index (Phi) is 3.40. The van der Waals surface area contributed by atoms with Crippen LogP contribution in [0.3, 0.4) is 0 Å². The Morgan fingerprint density at radius 1 is 0.684 bits per heavy atom. The van der Waals surface area contributed by atoms with E-state index in [9.17, 15) is 0 Å². The summed E-state index contributed by atoms with van der Waals surface area (Å²) in [7, 11) is 0. The van der Waals surface area contributed by atoms with Crippen LogP contribution in [0, 0.1) is 13.8 Å². The number of rotatable bonds is 0. The quantitative estimate of drug-likeness (QED) is 0.763. The third kappa shape index (κ3) is 2.72. The Bertz CT molecular complexity index is 520. The summed E-state index contributed by atoms with van der Waals surface area (Å²) >= 11 is 0. The molecule has 0 aromatic carbocycles. The van der Waals surface area contributed by atoms with E-state index >= 15 is 0 Å². The van der Waals surface area contributed by atoms with Crippen molar-refractivity contribution in [3.63, 3.8) is 0 Å². The van der Waals surface area contributed by atoms with Crippen LogP contribution in [0.15, 0.2) is 0 Å². The molecule has 0 amide bonds. The van der Waals surface area contributed by atoms with Gasteiger partial charge in [-0.2, -0.15) is 0 Å². The normalized spacial score (nSPS) is 16.5. The highest BCUT2D eigenvalue weighted by molar-refractivity contribution is 5.19. The summed E-state index contributed by atoms with van der Waals surface area (Å²) in [6, 6.07) is 0. The van der Waals surface area contributed by atoms with Gasteiger partial charge in [-0.1, -0.05) is 0 Å². The number of aryl methyl sites for hydroxylation is 6. The second-order valence-electron chi connectivity index (χ2n) is 5.56. The molecule has 2 heterocycles. The maximum absolute atomic E-state index is 4.40. The minimum absolute atomic E-state index is 1.07. The third-order valence-electron chi connectivity index (χ3n) is 3.90. The zero-order valence-electron chi connectivity index (χ0n) is 11.8. The van der Waals surface area contributed by atoms with Crippen molar-refractivity contribution in [1.29, 1.82) is 0 Å². The van der Waals surface area contributed by atoms with Gasteiger partial charge in [-0.15, -0.1) is 0 Å². The number of nitrogens with one attached hydrogen (secondary N) is 2. The second-order valence-corrected chi connectivity index (χ2v) is 5.56. The molecule has 0 spiro atoms. The summed E-state index contributed by atoms with van der Waals surface area (Å²) in [6.07, 6.45) is 8.70. The first-order valence-corrected chi connectivity index (χ1v) is 7.31. The monoisotopic (exact) mass is 258 g/mol. The van der Waals surface area contributed by atoms with Crippen molar-refractivity contribution in [1.82, 2.24) is 19.9 Å². The summed E-state index contributed by atoms with van der Waals surface area (Å²) in [5.74, 6) is 2.15. The minimum Gasteiger partial charge on any atom is -0.346 e. The van der Waals surface area contributed by atoms with E-state index in [0.717, 1.165) is 11.6 Å². The molecule has 2 aromatic rings. The Morgan fingerprint density at radius 3 is 1.74 bits per heavy atom. The van der Waals surface area contributed by atoms with Crippen LogP contribution in [-0.2, 0) is 25.7 Å². The van der Waals surface area contributed by atoms with Crippen LogP contribution in [-0.4, -0.2) is 19.9 Å². The molecule has 4 nitrogen and oxygen atoms in total. The third-order valence-corrected chi connectivity index (χ3v) is 3.90. The molecule has 102 valence electrons. The predicted octanol–water partition coefficient (Wildman–Crippen LogP) is 2.80. The van der Waals surface area contributed by atoms with Crippen molar-refractivity contribution in [2.24, 2.45) is 0 Å². The first-order valence-electron chi connectivity index (χ1n) is 7.31. The molecule has 2 aliphatic rings. The van der Waals surface area contributed by atoms with Crippen molar-refractivity contribution < 1.29 is 0 Å². The second kappa shape index (κ2) is 5.19. The van der Waals surface area contributed by atoms with Crippen LogP contribution in [0.2, 0.25) is 0 Å². The molecule has 0 saturated heterocycles. The summed E-state index contributed by atoms with van der Waals surface area (Å²) in [5.41, 5.74) is 5.35. The van der Waals surface area contributed by atoms with Gasteiger partial charge in [0.25, 0.3) is 0 Å². The van der Waals surface area contributed by atoms with Gasteiger partial charge in [-0.05, 0) is 58.8 Å². The molecule has 2 aliphatic carbocycles. The molecule has 0 aliphatic heterocycles. The van der Waals surface area contributed by atoms with E-state index in [-0.39, 0.29) is 0 Å². The summed E-state index contributed by atoms with van der Waals surface area (Å²) < 4.78 is 0. The number of aromatic nitrogens is 4. The van der Waals surface area contributed by atoms with Crippen molar-refractivity contribution in [3.8, 4) is 0 Å². The van der Waals surface area contributed by atoms with E-state index in [1.807, 2.05) is 13.8 Å². The molecule has 19 heavy (non-hydrogen) atoms. The Hall–Kier alpha value is -1.58. The molecule has 4 heteroatoms. The lowest BCUT2D eigenvalue weighted by molar-refractivity contribution is 0.667. The van der Waals surface area contributed by atoms with Gasteiger partial charge in [0, 0.05) is 11.4 Å². The summed E-state index contributed by atoms with van der Waals surface area (Å²) in [4.78, 5) is 15.3. The van der Waals surface area contributed by atoms with Crippen molar-refractivity contribution in [2.45, 2.75) is 58.8 Å². The number of hydrogen-bond acceptors (Lipinski definition) is 2. The Balaban J connectivity index is 0.000000117. The molecular weight excluding hydrogens is 236 g/mol. The summed E-state index contributed by atoms with van der Waals surface area (Å²) in [6.45, 7) is 4.04. The molecule has 0 atom stereocenters. The lowest BCUT2D eigenvalue weighted by Gasteiger charge is -2.07. The zero-order valence-corrected chi connectivity index (χ0v) is 11.8. The first kappa shape index (κ1) is 12.5. The molecule has 4 rings (SSSR count). The van der Waals surface area contributed by atoms with Crippen LogP contribution >= 0.6 is 0 Å². The summed E-state index contributed by atoms with van der Waals surface area (Å²) in [5, 5.41) is 0. The minimum atomic E-state index is 1.07. The number of imidazole rings is 2. The lowest BCUT2D eigenvalue weighted by atomic mass is 10.0. The van der Waals surface area contributed by atoms with E-state index in [2.05, 4.69) is 19.9 Å². The molecule has 2 aromatic heterocycles. The van der Waals surface area contributed by atoms with Crippen molar-refractivity contribution in [3.05, 3.63) is 34.4 Å². The van der Waals surface area contributed by atoms with Gasteiger partial charge in [0.05, 0.1) is 11.4 Å². The predicted molar refractivity (Wildman–Crippen MR) is 75.3 cm³/mol. The fourth-order valence-electron chi connectivity index (χ4n) is 3.03. The van der Waals surface area contributed by atoms with Gasteiger partial charge in [-0.3, -0.25) is 0 Å². The van der Waals surface area contributed by atoms with Crippen LogP contribution in [0.1, 0.15) is 53.7 Å². The van der Waals surface area contributed by atoms with E-state index < -0.39 is 0 Å². The van der Waals surface area contributed by atoms with Gasteiger partial charge in [0.15, 0.2) is 0 Å². The fourth-order valence-corrected chi connectivity index (χ4v) is 3.03. The highest BCUT2D eigenvalue weighted by Crippen LogP contribution is 2.18. The SMILES string of the molecule is Cc1nc2c([nH]1)CCC2.Cc1nc2c([nH]1)CCCC2. The maximum Gasteiger partial charge on any atom is 0.103 e. The number of fused-ring (bicyclic) bond motifs is 2. The molecule has 0 saturated carbocycles. The maximum atomic E-state index is 4.40. The first-order chi connectivity index (χ1) is 9.22. The highest BCUT2D eigenvalue weighted by Gasteiger charge is 2.13. The molecule has 0 unspecified atom stereocenters. The fraction of sp³-hybridized carbons (Fsp3) is 0.600. The lowest BCUT2D eigenvalue weighted by Crippen LogP contribution is -2.00. The molecular formula is C15H22N4. The zero-order chi connectivity index (χ0) is 13.2. The van der Waals surface area contributed by atoms with Crippen LogP contribution in [0.5, 0.6) is 0 Å². The highest BCUT2D eigenvalue weighted by atomic mass is 14.9. The van der Waals surface area contributed by atoms with Crippen molar-refractivity contribution >= 4 is 0 Å². The smallest absolute Gasteiger partial charge is 0.103 e. The Labute approximate surface area is 114 Å². The largest absolute Gasteiger partial charge is 0.346 e. The van der Waals surface area contributed by atoms with Gasteiger partial charge < -0.3 is 9.97 Å². The topological polar surface area (TPSA) is 57.4 Å². The van der Waals surface area contributed by atoms with E-state index in [0.29, 0.717) is 0 Å². The van der Waals surface area contributed by atoms with E-state index in [4.69, 9.17) is 0 Å². The van der Waals surface area contributed by atoms with Crippen LogP contribution in [0.4, 0.5) is 0 Å². The van der Waals surface area contributed by atoms with Crippen LogP contribution < -0.4 is 0 Å². The number of hydrogen-bond donors (Lipinski definition) is 2. The molecule has 2 N–H and O–H groups in total. The Morgan fingerprint density at radius 2 is 1.16 bits per heavy atom. The van der Waals surface area contributed by atoms with Gasteiger partial charge in [-0.25, -0.2) is 9.97 Å². The molecule has 0 bridgehead atoms. The van der Waals surface area contributed by atoms with Gasteiger partial charge in [0.2, 0.25) is 0 Å². The number of nitrogens with zero attached hydrogens (tertiary/aromatic N) is 2. The van der Waals surface area contributed by atoms with Crippen LogP contribution in [0.25, 0.3) is 0 Å². The van der Waals surface area contributed by atoms with Gasteiger partial charge in [0.1, 0.15) is 11.6 Å². The van der Waals surface area contributed by atoms with E-state index in [1.165, 1.54) is 67.7 Å². The molecule has 0 radical (unpaired) electrons. The van der Waals surface area contributed by atoms with Crippen molar-refractivity contribution in [2.75, 3.05) is 0 Å². The standard InChI is InChI=1S/C8H12N2.C7H10N2/c1-6-9-7-4-2-3-5-8(7)10-6;1-5-8-6-3-2-4-7(6)9-5/h2-5H2,1H3,(H,9,10);2-4H2,1H3,(H,8,9). The average Bonchev–Trinajstić information content (AvgIpc) is 3.02. The van der Waals surface area contributed by atoms with Gasteiger partial charge >= 0.3 is 0 Å². The van der Waals surface area contributed by atoms with E-state index in [1.54, 1.807) is 0 Å². The molecule has 0 fully saturated rings. The number of aromatic amines is 2. The number of H-pyrrole nitrogens is 2. The average molecular weight is 258 g/mol.